The van der Waals surface area contributed by atoms with Crippen LogP contribution in [-0.2, 0) is 17.8 Å². The summed E-state index contributed by atoms with van der Waals surface area (Å²) >= 11 is 5.90. The molecule has 2 aromatic rings. The van der Waals surface area contributed by atoms with Crippen molar-refractivity contribution >= 4 is 17.5 Å². The molecule has 0 aliphatic carbocycles. The van der Waals surface area contributed by atoms with Crippen LogP contribution in [0.1, 0.15) is 36.8 Å². The van der Waals surface area contributed by atoms with Crippen molar-refractivity contribution in [2.45, 2.75) is 38.6 Å². The van der Waals surface area contributed by atoms with Gasteiger partial charge in [-0.25, -0.2) is 0 Å². The first kappa shape index (κ1) is 22.8. The Bertz CT molecular complexity index is 743. The van der Waals surface area contributed by atoms with Crippen molar-refractivity contribution in [3.8, 4) is 0 Å². The Labute approximate surface area is 186 Å². The maximum absolute atomic E-state index is 12.0. The highest BCUT2D eigenvalue weighted by atomic mass is 35.5. The Balaban J connectivity index is 1.18. The molecule has 30 heavy (non-hydrogen) atoms. The van der Waals surface area contributed by atoms with Crippen molar-refractivity contribution in [1.29, 1.82) is 0 Å². The Hall–Kier alpha value is -1.88. The lowest BCUT2D eigenvalue weighted by Crippen LogP contribution is -2.46. The van der Waals surface area contributed by atoms with Crippen molar-refractivity contribution < 1.29 is 4.79 Å². The number of carbonyl (C=O) groups is 1. The van der Waals surface area contributed by atoms with Gasteiger partial charge in [-0.05, 0) is 55.5 Å². The SMILES string of the molecule is O=C(CCCc1ccc(Cl)cc1)NCCCCN1CCN(Cc2ccccc2)CC1. The molecule has 0 atom stereocenters. The summed E-state index contributed by atoms with van der Waals surface area (Å²) in [4.78, 5) is 17.1. The van der Waals surface area contributed by atoms with E-state index in [1.165, 1.54) is 11.1 Å². The molecule has 0 unspecified atom stereocenters. The Morgan fingerprint density at radius 3 is 2.27 bits per heavy atom. The van der Waals surface area contributed by atoms with Crippen LogP contribution in [0.3, 0.4) is 0 Å². The summed E-state index contributed by atoms with van der Waals surface area (Å²) in [5.74, 6) is 0.165. The summed E-state index contributed by atoms with van der Waals surface area (Å²) in [5.41, 5.74) is 2.63. The second kappa shape index (κ2) is 12.7. The van der Waals surface area contributed by atoms with Gasteiger partial charge in [0.2, 0.25) is 5.91 Å². The van der Waals surface area contributed by atoms with Gasteiger partial charge in [-0.3, -0.25) is 9.69 Å². The minimum absolute atomic E-state index is 0.165. The highest BCUT2D eigenvalue weighted by Crippen LogP contribution is 2.12. The van der Waals surface area contributed by atoms with Gasteiger partial charge in [0.1, 0.15) is 0 Å². The van der Waals surface area contributed by atoms with E-state index in [0.29, 0.717) is 6.42 Å². The van der Waals surface area contributed by atoms with Crippen molar-refractivity contribution in [2.75, 3.05) is 39.3 Å². The molecular weight excluding hydrogens is 394 g/mol. The Kier molecular flexibility index (Phi) is 9.68. The van der Waals surface area contributed by atoms with Crippen molar-refractivity contribution in [1.82, 2.24) is 15.1 Å². The number of carbonyl (C=O) groups excluding carboxylic acids is 1. The summed E-state index contributed by atoms with van der Waals surface area (Å²) in [6.07, 6.45) is 4.57. The van der Waals surface area contributed by atoms with E-state index in [-0.39, 0.29) is 5.91 Å². The number of nitrogens with one attached hydrogen (secondary N) is 1. The summed E-state index contributed by atoms with van der Waals surface area (Å²) in [6, 6.07) is 18.6. The van der Waals surface area contributed by atoms with Gasteiger partial charge in [0.15, 0.2) is 0 Å². The smallest absolute Gasteiger partial charge is 0.220 e. The zero-order chi connectivity index (χ0) is 21.0. The first-order chi connectivity index (χ1) is 14.7. The third kappa shape index (κ3) is 8.47. The maximum atomic E-state index is 12.0. The molecule has 1 amide bonds. The monoisotopic (exact) mass is 427 g/mol. The van der Waals surface area contributed by atoms with Crippen LogP contribution in [0.25, 0.3) is 0 Å². The number of unbranched alkanes of at least 4 members (excludes halogenated alkanes) is 1. The van der Waals surface area contributed by atoms with E-state index < -0.39 is 0 Å². The molecule has 0 saturated carbocycles. The van der Waals surface area contributed by atoms with E-state index >= 15 is 0 Å². The third-order valence-electron chi connectivity index (χ3n) is 5.72. The number of rotatable bonds is 11. The molecule has 3 rings (SSSR count). The van der Waals surface area contributed by atoms with Crippen LogP contribution in [0.4, 0.5) is 0 Å². The molecule has 5 heteroatoms. The van der Waals surface area contributed by atoms with Crippen LogP contribution in [0.2, 0.25) is 5.02 Å². The Morgan fingerprint density at radius 1 is 0.833 bits per heavy atom. The van der Waals surface area contributed by atoms with Crippen LogP contribution in [-0.4, -0.2) is 55.0 Å². The number of nitrogens with zero attached hydrogens (tertiary/aromatic N) is 2. The number of halogens is 1. The third-order valence-corrected chi connectivity index (χ3v) is 5.97. The predicted molar refractivity (Wildman–Crippen MR) is 125 cm³/mol. The first-order valence-electron chi connectivity index (χ1n) is 11.2. The average Bonchev–Trinajstić information content (AvgIpc) is 2.77. The van der Waals surface area contributed by atoms with Crippen LogP contribution >= 0.6 is 11.6 Å². The first-order valence-corrected chi connectivity index (χ1v) is 11.6. The normalized spacial score (nSPS) is 15.2. The molecular formula is C25H34ClN3O. The zero-order valence-corrected chi connectivity index (χ0v) is 18.6. The zero-order valence-electron chi connectivity index (χ0n) is 17.9. The fraction of sp³-hybridized carbons (Fsp3) is 0.480. The van der Waals surface area contributed by atoms with Gasteiger partial charge in [0.05, 0.1) is 0 Å². The minimum atomic E-state index is 0.165. The van der Waals surface area contributed by atoms with E-state index in [4.69, 9.17) is 11.6 Å². The summed E-state index contributed by atoms with van der Waals surface area (Å²) in [6.45, 7) is 7.53. The molecule has 0 radical (unpaired) electrons. The van der Waals surface area contributed by atoms with Gasteiger partial charge in [0, 0.05) is 50.7 Å². The molecule has 0 spiro atoms. The molecule has 0 aromatic heterocycles. The lowest BCUT2D eigenvalue weighted by atomic mass is 10.1. The van der Waals surface area contributed by atoms with Crippen LogP contribution in [0.5, 0.6) is 0 Å². The van der Waals surface area contributed by atoms with E-state index in [9.17, 15) is 4.79 Å². The maximum Gasteiger partial charge on any atom is 0.220 e. The number of piperazine rings is 1. The van der Waals surface area contributed by atoms with Gasteiger partial charge in [-0.1, -0.05) is 54.1 Å². The molecule has 1 N–H and O–H groups in total. The number of benzene rings is 2. The minimum Gasteiger partial charge on any atom is -0.356 e. The molecule has 1 saturated heterocycles. The largest absolute Gasteiger partial charge is 0.356 e. The topological polar surface area (TPSA) is 35.6 Å². The van der Waals surface area contributed by atoms with Crippen LogP contribution in [0.15, 0.2) is 54.6 Å². The van der Waals surface area contributed by atoms with Crippen molar-refractivity contribution in [3.05, 3.63) is 70.7 Å². The van der Waals surface area contributed by atoms with Gasteiger partial charge >= 0.3 is 0 Å². The number of hydrogen-bond donors (Lipinski definition) is 1. The van der Waals surface area contributed by atoms with E-state index in [1.54, 1.807) is 0 Å². The van der Waals surface area contributed by atoms with Gasteiger partial charge in [0.25, 0.3) is 0 Å². The molecule has 1 aliphatic rings. The van der Waals surface area contributed by atoms with Crippen LogP contribution < -0.4 is 5.32 Å². The fourth-order valence-corrected chi connectivity index (χ4v) is 4.02. The van der Waals surface area contributed by atoms with Gasteiger partial charge in [-0.15, -0.1) is 0 Å². The second-order valence-corrected chi connectivity index (χ2v) is 8.58. The number of aryl methyl sites for hydroxylation is 1. The van der Waals surface area contributed by atoms with E-state index in [1.807, 2.05) is 24.3 Å². The molecule has 162 valence electrons. The molecule has 2 aromatic carbocycles. The number of hydrogen-bond acceptors (Lipinski definition) is 3. The van der Waals surface area contributed by atoms with Crippen LogP contribution in [0, 0.1) is 0 Å². The lowest BCUT2D eigenvalue weighted by Gasteiger charge is -2.34. The second-order valence-electron chi connectivity index (χ2n) is 8.14. The summed E-state index contributed by atoms with van der Waals surface area (Å²) in [5, 5.41) is 3.82. The molecule has 0 bridgehead atoms. The Morgan fingerprint density at radius 2 is 1.53 bits per heavy atom. The van der Waals surface area contributed by atoms with Crippen molar-refractivity contribution in [3.63, 3.8) is 0 Å². The molecule has 1 fully saturated rings. The lowest BCUT2D eigenvalue weighted by molar-refractivity contribution is -0.121. The highest BCUT2D eigenvalue weighted by molar-refractivity contribution is 6.30. The molecule has 1 aliphatic heterocycles. The van der Waals surface area contributed by atoms with E-state index in [2.05, 4.69) is 45.4 Å². The molecule has 4 nitrogen and oxygen atoms in total. The summed E-state index contributed by atoms with van der Waals surface area (Å²) in [7, 11) is 0. The highest BCUT2D eigenvalue weighted by Gasteiger charge is 2.16. The fourth-order valence-electron chi connectivity index (χ4n) is 3.89. The van der Waals surface area contributed by atoms with Gasteiger partial charge in [-0.2, -0.15) is 0 Å². The predicted octanol–water partition coefficient (Wildman–Crippen LogP) is 4.38. The van der Waals surface area contributed by atoms with E-state index in [0.717, 1.165) is 76.5 Å². The molecule has 1 heterocycles. The van der Waals surface area contributed by atoms with Gasteiger partial charge < -0.3 is 10.2 Å². The standard InChI is InChI=1S/C25H34ClN3O/c26-24-13-11-22(12-14-24)9-6-10-25(30)27-15-4-5-16-28-17-19-29(20-18-28)21-23-7-2-1-3-8-23/h1-3,7-8,11-14H,4-6,9-10,15-21H2,(H,27,30). The number of amides is 1. The summed E-state index contributed by atoms with van der Waals surface area (Å²) < 4.78 is 0. The quantitative estimate of drug-likeness (QED) is 0.540. The van der Waals surface area contributed by atoms with Crippen molar-refractivity contribution in [2.24, 2.45) is 0 Å². The average molecular weight is 428 g/mol.